The van der Waals surface area contributed by atoms with Crippen molar-refractivity contribution in [3.05, 3.63) is 29.1 Å². The van der Waals surface area contributed by atoms with Gasteiger partial charge in [-0.3, -0.25) is 4.98 Å². The number of halogens is 3. The van der Waals surface area contributed by atoms with Crippen LogP contribution in [0.1, 0.15) is 23.2 Å². The van der Waals surface area contributed by atoms with Crippen LogP contribution in [0, 0.1) is 6.92 Å². The first-order valence-corrected chi connectivity index (χ1v) is 4.57. The Hall–Kier alpha value is -0.510. The van der Waals surface area contributed by atoms with E-state index in [1.54, 1.807) is 6.07 Å². The number of hydrogen-bond donors (Lipinski definition) is 0. The Morgan fingerprint density at radius 3 is 2.75 bits per heavy atom. The fourth-order valence-electron chi connectivity index (χ4n) is 0.944. The van der Waals surface area contributed by atoms with E-state index in [1.165, 1.54) is 6.20 Å². The standard InChI is InChI=1S/C8H8BrF2N/c1-5-2-6(3-9)7(8(10)11)12-4-5/h2,4,8H,3H2,1H3. The lowest BCUT2D eigenvalue weighted by Crippen LogP contribution is -1.96. The number of alkyl halides is 3. The first-order chi connectivity index (χ1) is 5.65. The van der Waals surface area contributed by atoms with E-state index in [4.69, 9.17) is 0 Å². The number of pyridine rings is 1. The highest BCUT2D eigenvalue weighted by molar-refractivity contribution is 9.08. The molecule has 1 nitrogen and oxygen atoms in total. The van der Waals surface area contributed by atoms with E-state index in [0.29, 0.717) is 10.9 Å². The van der Waals surface area contributed by atoms with Crippen molar-refractivity contribution in [3.63, 3.8) is 0 Å². The highest BCUT2D eigenvalue weighted by Crippen LogP contribution is 2.22. The number of rotatable bonds is 2. The summed E-state index contributed by atoms with van der Waals surface area (Å²) in [5, 5.41) is 0.418. The van der Waals surface area contributed by atoms with Crippen LogP contribution in [0.15, 0.2) is 12.3 Å². The van der Waals surface area contributed by atoms with Crippen LogP contribution in [-0.2, 0) is 5.33 Å². The Morgan fingerprint density at radius 2 is 2.25 bits per heavy atom. The Balaban J connectivity index is 3.11. The Kier molecular flexibility index (Phi) is 3.14. The predicted molar refractivity (Wildman–Crippen MR) is 46.6 cm³/mol. The molecule has 0 fully saturated rings. The maximum Gasteiger partial charge on any atom is 0.280 e. The van der Waals surface area contributed by atoms with Crippen LogP contribution in [0.5, 0.6) is 0 Å². The summed E-state index contributed by atoms with van der Waals surface area (Å²) < 4.78 is 24.5. The van der Waals surface area contributed by atoms with Crippen LogP contribution in [0.4, 0.5) is 8.78 Å². The summed E-state index contributed by atoms with van der Waals surface area (Å²) in [6.07, 6.45) is -1.04. The van der Waals surface area contributed by atoms with Crippen molar-refractivity contribution < 1.29 is 8.78 Å². The summed E-state index contributed by atoms with van der Waals surface area (Å²) in [6, 6.07) is 1.71. The van der Waals surface area contributed by atoms with Gasteiger partial charge in [-0.1, -0.05) is 22.0 Å². The number of aromatic nitrogens is 1. The molecule has 1 heterocycles. The van der Waals surface area contributed by atoms with Gasteiger partial charge in [0.15, 0.2) is 0 Å². The minimum atomic E-state index is -2.49. The zero-order valence-electron chi connectivity index (χ0n) is 6.52. The third-order valence-corrected chi connectivity index (χ3v) is 2.09. The lowest BCUT2D eigenvalue weighted by Gasteiger charge is -2.05. The predicted octanol–water partition coefficient (Wildman–Crippen LogP) is 3.22. The molecule has 1 aromatic rings. The highest BCUT2D eigenvalue weighted by atomic mass is 79.9. The molecule has 0 aliphatic carbocycles. The quantitative estimate of drug-likeness (QED) is 0.718. The largest absolute Gasteiger partial charge is 0.280 e. The van der Waals surface area contributed by atoms with Crippen LogP contribution in [0.25, 0.3) is 0 Å². The van der Waals surface area contributed by atoms with Crippen LogP contribution >= 0.6 is 15.9 Å². The average molecular weight is 236 g/mol. The molecule has 0 saturated carbocycles. The van der Waals surface area contributed by atoms with E-state index < -0.39 is 6.43 Å². The summed E-state index contributed by atoms with van der Waals surface area (Å²) in [5.41, 5.74) is 1.33. The molecule has 66 valence electrons. The number of nitrogens with zero attached hydrogens (tertiary/aromatic N) is 1. The Labute approximate surface area is 77.9 Å². The fraction of sp³-hybridized carbons (Fsp3) is 0.375. The average Bonchev–Trinajstić information content (AvgIpc) is 2.03. The molecule has 4 heteroatoms. The van der Waals surface area contributed by atoms with Gasteiger partial charge in [0.05, 0.1) is 0 Å². The molecule has 0 atom stereocenters. The molecule has 1 aromatic heterocycles. The lowest BCUT2D eigenvalue weighted by molar-refractivity contribution is 0.145. The topological polar surface area (TPSA) is 12.9 Å². The fourth-order valence-corrected chi connectivity index (χ4v) is 1.39. The molecule has 0 unspecified atom stereocenters. The second kappa shape index (κ2) is 3.94. The van der Waals surface area contributed by atoms with Crippen molar-refractivity contribution in [1.29, 1.82) is 0 Å². The van der Waals surface area contributed by atoms with Crippen LogP contribution in [0.3, 0.4) is 0 Å². The first-order valence-electron chi connectivity index (χ1n) is 3.44. The molecule has 0 saturated heterocycles. The van der Waals surface area contributed by atoms with E-state index in [0.717, 1.165) is 5.56 Å². The molecule has 0 amide bonds. The molecule has 0 radical (unpaired) electrons. The van der Waals surface area contributed by atoms with Crippen molar-refractivity contribution in [2.45, 2.75) is 18.7 Å². The number of hydrogen-bond acceptors (Lipinski definition) is 1. The van der Waals surface area contributed by atoms with Crippen LogP contribution < -0.4 is 0 Å². The summed E-state index contributed by atoms with van der Waals surface area (Å²) in [7, 11) is 0. The van der Waals surface area contributed by atoms with Crippen molar-refractivity contribution >= 4 is 15.9 Å². The van der Waals surface area contributed by atoms with Crippen molar-refractivity contribution in [2.24, 2.45) is 0 Å². The lowest BCUT2D eigenvalue weighted by atomic mass is 10.2. The molecule has 0 N–H and O–H groups in total. The van der Waals surface area contributed by atoms with E-state index in [1.807, 2.05) is 6.92 Å². The molecular formula is C8H8BrF2N. The monoisotopic (exact) mass is 235 g/mol. The minimum Gasteiger partial charge on any atom is -0.255 e. The molecule has 0 bridgehead atoms. The Bertz CT molecular complexity index is 276. The second-order valence-electron chi connectivity index (χ2n) is 2.49. The summed E-state index contributed by atoms with van der Waals surface area (Å²) in [4.78, 5) is 3.67. The maximum absolute atomic E-state index is 12.3. The van der Waals surface area contributed by atoms with Gasteiger partial charge in [0.1, 0.15) is 5.69 Å². The zero-order valence-corrected chi connectivity index (χ0v) is 8.11. The molecule has 0 aromatic carbocycles. The third-order valence-electron chi connectivity index (χ3n) is 1.49. The van der Waals surface area contributed by atoms with Crippen molar-refractivity contribution in [2.75, 3.05) is 0 Å². The van der Waals surface area contributed by atoms with Gasteiger partial charge in [-0.25, -0.2) is 8.78 Å². The van der Waals surface area contributed by atoms with Crippen molar-refractivity contribution in [1.82, 2.24) is 4.98 Å². The summed E-state index contributed by atoms with van der Waals surface area (Å²) in [6.45, 7) is 1.83. The highest BCUT2D eigenvalue weighted by Gasteiger charge is 2.13. The zero-order chi connectivity index (χ0) is 9.14. The van der Waals surface area contributed by atoms with Gasteiger partial charge in [0.25, 0.3) is 6.43 Å². The maximum atomic E-state index is 12.3. The first kappa shape index (κ1) is 9.58. The van der Waals surface area contributed by atoms with Gasteiger partial charge in [0, 0.05) is 11.5 Å². The molecule has 12 heavy (non-hydrogen) atoms. The minimum absolute atomic E-state index is 0.127. The number of aryl methyl sites for hydroxylation is 1. The normalized spacial score (nSPS) is 10.8. The SMILES string of the molecule is Cc1cnc(C(F)F)c(CBr)c1. The smallest absolute Gasteiger partial charge is 0.255 e. The van der Waals surface area contributed by atoms with E-state index in [9.17, 15) is 8.78 Å². The van der Waals surface area contributed by atoms with E-state index >= 15 is 0 Å². The molecule has 0 aliphatic heterocycles. The van der Waals surface area contributed by atoms with E-state index in [2.05, 4.69) is 20.9 Å². The summed E-state index contributed by atoms with van der Waals surface area (Å²) in [5.74, 6) is 0. The van der Waals surface area contributed by atoms with Crippen LogP contribution in [-0.4, -0.2) is 4.98 Å². The van der Waals surface area contributed by atoms with Crippen molar-refractivity contribution in [3.8, 4) is 0 Å². The molecule has 0 spiro atoms. The summed E-state index contributed by atoms with van der Waals surface area (Å²) >= 11 is 3.14. The van der Waals surface area contributed by atoms with Gasteiger partial charge in [0.2, 0.25) is 0 Å². The molecular weight excluding hydrogens is 228 g/mol. The second-order valence-corrected chi connectivity index (χ2v) is 3.05. The van der Waals surface area contributed by atoms with Gasteiger partial charge >= 0.3 is 0 Å². The van der Waals surface area contributed by atoms with Gasteiger partial charge in [-0.2, -0.15) is 0 Å². The van der Waals surface area contributed by atoms with Gasteiger partial charge < -0.3 is 0 Å². The Morgan fingerprint density at radius 1 is 1.58 bits per heavy atom. The van der Waals surface area contributed by atoms with Gasteiger partial charge in [-0.05, 0) is 18.1 Å². The molecule has 0 aliphatic rings. The van der Waals surface area contributed by atoms with Crippen LogP contribution in [0.2, 0.25) is 0 Å². The third kappa shape index (κ3) is 2.00. The molecule has 1 rings (SSSR count). The van der Waals surface area contributed by atoms with Gasteiger partial charge in [-0.15, -0.1) is 0 Å². The van der Waals surface area contributed by atoms with E-state index in [-0.39, 0.29) is 5.69 Å².